The average molecular weight is 723 g/mol. The maximum absolute atomic E-state index is 13.7. The van der Waals surface area contributed by atoms with E-state index in [-0.39, 0.29) is 30.6 Å². The number of amides is 1. The maximum Gasteiger partial charge on any atom is 0.414 e. The fraction of sp³-hybridized carbons (Fsp3) is 0.342. The molecule has 7 rings (SSSR count). The van der Waals surface area contributed by atoms with E-state index in [2.05, 4.69) is 9.88 Å². The van der Waals surface area contributed by atoms with Crippen molar-refractivity contribution < 1.29 is 39.0 Å². The highest BCUT2D eigenvalue weighted by molar-refractivity contribution is 6.35. The van der Waals surface area contributed by atoms with Crippen molar-refractivity contribution in [2.75, 3.05) is 38.8 Å². The van der Waals surface area contributed by atoms with Crippen LogP contribution in [0.1, 0.15) is 51.6 Å². The third kappa shape index (κ3) is 8.33. The van der Waals surface area contributed by atoms with Gasteiger partial charge in [-0.15, -0.1) is 0 Å². The Kier molecular flexibility index (Phi) is 12.2. The summed E-state index contributed by atoms with van der Waals surface area (Å²) in [7, 11) is 3.10. The zero-order valence-corrected chi connectivity index (χ0v) is 29.7. The minimum absolute atomic E-state index is 0. The molecule has 0 aliphatic carbocycles. The molecular formula is C38H41Cl2N3O7. The lowest BCUT2D eigenvalue weighted by molar-refractivity contribution is -0.377. The van der Waals surface area contributed by atoms with Gasteiger partial charge < -0.3 is 24.4 Å². The molecule has 10 nitrogen and oxygen atoms in total. The summed E-state index contributed by atoms with van der Waals surface area (Å²) in [6, 6.07) is 20.2. The van der Waals surface area contributed by atoms with E-state index in [0.29, 0.717) is 44.2 Å². The van der Waals surface area contributed by atoms with Gasteiger partial charge in [0.25, 0.3) is 0 Å². The van der Waals surface area contributed by atoms with Crippen molar-refractivity contribution in [3.8, 4) is 11.5 Å². The number of nitrogens with zero attached hydrogens (tertiary/aromatic N) is 2. The van der Waals surface area contributed by atoms with Crippen molar-refractivity contribution in [3.05, 3.63) is 117 Å². The standard InChI is InChI=1S/C38H39Cl2N3O6.H2O/c1-24-6-4-5-7-32(24)43(38(45)49-36-23-42-16-14-26(36)15-17-42)22-25-8-10-27(11-9-25)37(44)48-34(19-29-30(39)20-41-21-31(29)40)28-12-13-33(46-2)35(18-28)47-3;/h4-13,18,20-21,26,34,36H,14-17,19,22-23H2,1-3H3;1H2/t34-,36-;/m0./s1. The summed E-state index contributed by atoms with van der Waals surface area (Å²) in [6.45, 7) is 5.16. The Morgan fingerprint density at radius 2 is 1.62 bits per heavy atom. The summed E-state index contributed by atoms with van der Waals surface area (Å²) in [6.07, 6.45) is 4.35. The average Bonchev–Trinajstić information content (AvgIpc) is 3.12. The molecule has 0 radical (unpaired) electrons. The molecule has 0 saturated carbocycles. The largest absolute Gasteiger partial charge is 0.870 e. The highest BCUT2D eigenvalue weighted by atomic mass is 35.5. The number of hydrogen-bond acceptors (Lipinski definition) is 8. The van der Waals surface area contributed by atoms with Crippen LogP contribution >= 0.6 is 23.2 Å². The molecule has 12 heteroatoms. The van der Waals surface area contributed by atoms with Gasteiger partial charge in [-0.25, -0.2) is 14.6 Å². The number of benzene rings is 3. The van der Waals surface area contributed by atoms with Gasteiger partial charge in [-0.1, -0.05) is 59.6 Å². The number of esters is 1. The van der Waals surface area contributed by atoms with Crippen LogP contribution in [0.3, 0.4) is 0 Å². The molecule has 3 fully saturated rings. The van der Waals surface area contributed by atoms with Crippen LogP contribution in [0.5, 0.6) is 11.5 Å². The van der Waals surface area contributed by atoms with Crippen LogP contribution in [0.4, 0.5) is 10.5 Å². The fourth-order valence-corrected chi connectivity index (χ4v) is 7.15. The number of aromatic amines is 1. The summed E-state index contributed by atoms with van der Waals surface area (Å²) in [4.78, 5) is 34.3. The minimum Gasteiger partial charge on any atom is -0.870 e. The third-order valence-corrected chi connectivity index (χ3v) is 10.1. The lowest BCUT2D eigenvalue weighted by atomic mass is 9.86. The van der Waals surface area contributed by atoms with Gasteiger partial charge in [0, 0.05) is 18.5 Å². The molecule has 4 heterocycles. The number of pyridine rings is 1. The molecule has 0 spiro atoms. The number of carbonyl (C=O) groups is 2. The number of methoxy groups -OCH3 is 2. The predicted molar refractivity (Wildman–Crippen MR) is 190 cm³/mol. The molecule has 2 N–H and O–H groups in total. The van der Waals surface area contributed by atoms with Gasteiger partial charge in [-0.3, -0.25) is 9.80 Å². The normalized spacial score (nSPS) is 18.4. The first-order valence-electron chi connectivity index (χ1n) is 16.4. The van der Waals surface area contributed by atoms with Crippen LogP contribution in [0.25, 0.3) is 0 Å². The van der Waals surface area contributed by atoms with Crippen LogP contribution in [0.2, 0.25) is 10.0 Å². The maximum atomic E-state index is 13.7. The van der Waals surface area contributed by atoms with E-state index in [1.807, 2.05) is 49.4 Å². The molecule has 0 unspecified atom stereocenters. The van der Waals surface area contributed by atoms with E-state index >= 15 is 0 Å². The Balaban J connectivity index is 0.00000486. The molecule has 264 valence electrons. The van der Waals surface area contributed by atoms with E-state index in [9.17, 15) is 9.59 Å². The highest BCUT2D eigenvalue weighted by Gasteiger charge is 2.37. The Labute approximate surface area is 302 Å². The number of hydrogen-bond donors (Lipinski definition) is 0. The van der Waals surface area contributed by atoms with Crippen LogP contribution in [-0.2, 0) is 22.4 Å². The van der Waals surface area contributed by atoms with Gasteiger partial charge >= 0.3 is 12.1 Å². The van der Waals surface area contributed by atoms with Crippen molar-refractivity contribution in [3.63, 3.8) is 0 Å². The topological polar surface area (TPSA) is 122 Å². The summed E-state index contributed by atoms with van der Waals surface area (Å²) in [5.41, 5.74) is 4.24. The molecule has 3 saturated heterocycles. The molecule has 3 aromatic carbocycles. The van der Waals surface area contributed by atoms with Crippen molar-refractivity contribution in [2.24, 2.45) is 5.92 Å². The SMILES string of the molecule is COc1ccc([C@H](Cc2c(Cl)c[nH+]cc2Cl)OC(=O)c2ccc(CN(C(=O)O[C@H]3CN4CCC3CC4)c3ccccc3C)cc2)cc1OC.[OH-]. The van der Waals surface area contributed by atoms with Crippen molar-refractivity contribution in [1.82, 2.24) is 4.90 Å². The second-order valence-electron chi connectivity index (χ2n) is 12.5. The molecular weight excluding hydrogens is 681 g/mol. The zero-order chi connectivity index (χ0) is 34.5. The summed E-state index contributed by atoms with van der Waals surface area (Å²) in [5, 5.41) is 0.840. The number of anilines is 1. The first-order valence-corrected chi connectivity index (χ1v) is 17.1. The number of nitrogens with one attached hydrogen (secondary N) is 1. The molecule has 4 aromatic rings. The smallest absolute Gasteiger partial charge is 0.414 e. The van der Waals surface area contributed by atoms with Gasteiger partial charge in [0.2, 0.25) is 0 Å². The molecule has 3 aliphatic heterocycles. The van der Waals surface area contributed by atoms with E-state index in [4.69, 9.17) is 42.1 Å². The number of aromatic nitrogens is 1. The lowest BCUT2D eigenvalue weighted by Crippen LogP contribution is -2.53. The lowest BCUT2D eigenvalue weighted by Gasteiger charge is -2.44. The fourth-order valence-electron chi connectivity index (χ4n) is 6.62. The predicted octanol–water partition coefficient (Wildman–Crippen LogP) is 7.33. The van der Waals surface area contributed by atoms with Crippen molar-refractivity contribution in [2.45, 2.75) is 44.9 Å². The summed E-state index contributed by atoms with van der Waals surface area (Å²) in [5.74, 6) is 0.908. The van der Waals surface area contributed by atoms with Crippen molar-refractivity contribution >= 4 is 41.0 Å². The number of halogens is 2. The Morgan fingerprint density at radius 3 is 2.24 bits per heavy atom. The quantitative estimate of drug-likeness (QED) is 0.148. The van der Waals surface area contributed by atoms with Gasteiger partial charge in [0.05, 0.1) is 32.0 Å². The molecule has 1 aromatic heterocycles. The van der Waals surface area contributed by atoms with Gasteiger partial charge in [-0.05, 0) is 85.8 Å². The second kappa shape index (κ2) is 16.6. The summed E-state index contributed by atoms with van der Waals surface area (Å²) >= 11 is 13.0. The first kappa shape index (κ1) is 36.9. The van der Waals surface area contributed by atoms with E-state index in [0.717, 1.165) is 49.3 Å². The van der Waals surface area contributed by atoms with Crippen LogP contribution < -0.4 is 19.4 Å². The van der Waals surface area contributed by atoms with Gasteiger partial charge in [-0.2, -0.15) is 0 Å². The number of para-hydroxylation sites is 1. The van der Waals surface area contributed by atoms with Gasteiger partial charge in [0.1, 0.15) is 22.3 Å². The van der Waals surface area contributed by atoms with Crippen LogP contribution in [0.15, 0.2) is 79.1 Å². The number of fused-ring (bicyclic) bond motifs is 3. The van der Waals surface area contributed by atoms with E-state index in [1.54, 1.807) is 55.8 Å². The number of H-pyrrole nitrogens is 1. The van der Waals surface area contributed by atoms with Gasteiger partial charge in [0.15, 0.2) is 23.9 Å². The molecule has 2 bridgehead atoms. The first-order chi connectivity index (χ1) is 23.7. The van der Waals surface area contributed by atoms with E-state index in [1.165, 1.54) is 0 Å². The van der Waals surface area contributed by atoms with Crippen molar-refractivity contribution in [1.29, 1.82) is 0 Å². The molecule has 1 amide bonds. The highest BCUT2D eigenvalue weighted by Crippen LogP contribution is 2.36. The van der Waals surface area contributed by atoms with E-state index < -0.39 is 12.1 Å². The number of piperidine rings is 3. The number of aryl methyl sites for hydroxylation is 1. The third-order valence-electron chi connectivity index (χ3n) is 9.42. The molecule has 50 heavy (non-hydrogen) atoms. The van der Waals surface area contributed by atoms with Crippen LogP contribution in [0, 0.1) is 12.8 Å². The minimum atomic E-state index is -0.748. The molecule has 3 aliphatic rings. The molecule has 2 atom stereocenters. The second-order valence-corrected chi connectivity index (χ2v) is 13.3. The number of carbonyl (C=O) groups excluding carboxylic acids is 2. The number of rotatable bonds is 11. The monoisotopic (exact) mass is 721 g/mol. The Bertz CT molecular complexity index is 1780. The Morgan fingerprint density at radius 1 is 0.940 bits per heavy atom. The zero-order valence-electron chi connectivity index (χ0n) is 28.2. The number of ether oxygens (including phenoxy) is 4. The Hall–Kier alpha value is -4.35. The van der Waals surface area contributed by atoms with Crippen LogP contribution in [-0.4, -0.2) is 62.4 Å². The summed E-state index contributed by atoms with van der Waals surface area (Å²) < 4.78 is 23.2.